The molecule has 0 aliphatic carbocycles. The first kappa shape index (κ1) is 44.6. The van der Waals surface area contributed by atoms with E-state index in [4.69, 9.17) is 38.6 Å². The molecular formula is C53H50N6O7. The predicted octanol–water partition coefficient (Wildman–Crippen LogP) is 9.64. The van der Waals surface area contributed by atoms with Gasteiger partial charge in [0.15, 0.2) is 17.0 Å². The Morgan fingerprint density at radius 2 is 1.00 bits per heavy atom. The zero-order valence-electron chi connectivity index (χ0n) is 37.1. The van der Waals surface area contributed by atoms with Gasteiger partial charge >= 0.3 is 11.9 Å². The molecule has 0 bridgehead atoms. The van der Waals surface area contributed by atoms with Crippen LogP contribution in [0.15, 0.2) is 176 Å². The number of aromatic nitrogens is 4. The molecule has 13 nitrogen and oxygen atoms in total. The summed E-state index contributed by atoms with van der Waals surface area (Å²) in [7, 11) is 3.28. The van der Waals surface area contributed by atoms with Crippen LogP contribution in [0, 0.1) is 0 Å². The van der Waals surface area contributed by atoms with E-state index in [0.717, 1.165) is 33.4 Å². The zero-order chi connectivity index (χ0) is 45.9. The molecular weight excluding hydrogens is 833 g/mol. The molecule has 66 heavy (non-hydrogen) atoms. The van der Waals surface area contributed by atoms with E-state index in [-0.39, 0.29) is 24.8 Å². The Morgan fingerprint density at radius 3 is 1.42 bits per heavy atom. The van der Waals surface area contributed by atoms with Crippen molar-refractivity contribution < 1.29 is 33.3 Å². The summed E-state index contributed by atoms with van der Waals surface area (Å²) in [6.07, 6.45) is 0.555. The van der Waals surface area contributed by atoms with Gasteiger partial charge < -0.3 is 34.3 Å². The van der Waals surface area contributed by atoms with Gasteiger partial charge in [0.2, 0.25) is 5.95 Å². The monoisotopic (exact) mass is 882 g/mol. The molecule has 0 spiro atoms. The molecule has 2 N–H and O–H groups in total. The van der Waals surface area contributed by atoms with E-state index in [1.165, 1.54) is 20.2 Å². The van der Waals surface area contributed by atoms with Crippen LogP contribution in [0.3, 0.4) is 0 Å². The highest BCUT2D eigenvalue weighted by Gasteiger charge is 2.40. The fourth-order valence-electron chi connectivity index (χ4n) is 8.20. The van der Waals surface area contributed by atoms with Crippen molar-refractivity contribution in [1.29, 1.82) is 0 Å². The average Bonchev–Trinajstić information content (AvgIpc) is 3.79. The number of ether oxygens (including phenoxy) is 5. The number of anilines is 2. The highest BCUT2D eigenvalue weighted by molar-refractivity contribution is 5.86. The van der Waals surface area contributed by atoms with Gasteiger partial charge in [-0.3, -0.25) is 14.2 Å². The van der Waals surface area contributed by atoms with Gasteiger partial charge in [-0.2, -0.15) is 9.97 Å². The molecule has 0 fully saturated rings. The van der Waals surface area contributed by atoms with Crippen molar-refractivity contribution >= 4 is 34.9 Å². The molecule has 0 radical (unpaired) electrons. The first-order valence-electron chi connectivity index (χ1n) is 21.5. The Labute approximate surface area is 383 Å². The summed E-state index contributed by atoms with van der Waals surface area (Å²) in [6, 6.07) is 56.2. The Bertz CT molecular complexity index is 2770. The molecule has 13 heteroatoms. The fourth-order valence-corrected chi connectivity index (χ4v) is 8.20. The molecule has 8 aromatic rings. The minimum absolute atomic E-state index is 0.0807. The number of nitrogens with zero attached hydrogens (tertiary/aromatic N) is 4. The summed E-state index contributed by atoms with van der Waals surface area (Å²) >= 11 is 0. The first-order chi connectivity index (χ1) is 32.2. The quantitative estimate of drug-likeness (QED) is 0.0345. The molecule has 8 rings (SSSR count). The molecule has 0 saturated carbocycles. The smallest absolute Gasteiger partial charge is 0.306 e. The highest BCUT2D eigenvalue weighted by Crippen LogP contribution is 2.44. The molecule has 2 aromatic heterocycles. The summed E-state index contributed by atoms with van der Waals surface area (Å²) in [6.45, 7) is 2.84. The number of rotatable bonds is 19. The van der Waals surface area contributed by atoms with Crippen molar-refractivity contribution in [3.63, 3.8) is 0 Å². The molecule has 2 heterocycles. The van der Waals surface area contributed by atoms with E-state index < -0.39 is 29.4 Å². The van der Waals surface area contributed by atoms with E-state index in [9.17, 15) is 9.59 Å². The van der Waals surface area contributed by atoms with Crippen LogP contribution in [0.2, 0.25) is 0 Å². The normalized spacial score (nSPS) is 11.9. The molecule has 1 unspecified atom stereocenters. The van der Waals surface area contributed by atoms with Gasteiger partial charge in [0, 0.05) is 20.3 Å². The Hall–Kier alpha value is -8.03. The number of esters is 2. The number of carbonyl (C=O) groups is 2. The summed E-state index contributed by atoms with van der Waals surface area (Å²) in [5, 5.41) is 7.77. The molecule has 6 aromatic carbocycles. The van der Waals surface area contributed by atoms with Gasteiger partial charge in [-0.25, -0.2) is 4.98 Å². The largest absolute Gasteiger partial charge is 0.497 e. The lowest BCUT2D eigenvalue weighted by atomic mass is 9.77. The van der Waals surface area contributed by atoms with Crippen LogP contribution in [-0.2, 0) is 34.9 Å². The Balaban J connectivity index is 1.40. The van der Waals surface area contributed by atoms with E-state index in [1.807, 2.05) is 121 Å². The first-order valence-corrected chi connectivity index (χ1v) is 21.5. The Kier molecular flexibility index (Phi) is 13.6. The number of hydrogen-bond acceptors (Lipinski definition) is 12. The molecule has 334 valence electrons. The van der Waals surface area contributed by atoms with Crippen LogP contribution in [0.1, 0.15) is 60.1 Å². The third-order valence-corrected chi connectivity index (χ3v) is 11.2. The predicted molar refractivity (Wildman–Crippen MR) is 252 cm³/mol. The van der Waals surface area contributed by atoms with Crippen LogP contribution in [0.25, 0.3) is 11.2 Å². The van der Waals surface area contributed by atoms with Gasteiger partial charge in [-0.05, 0) is 57.6 Å². The van der Waals surface area contributed by atoms with E-state index in [2.05, 4.69) is 59.2 Å². The summed E-state index contributed by atoms with van der Waals surface area (Å²) in [5.41, 5.74) is 3.89. The maximum atomic E-state index is 12.7. The van der Waals surface area contributed by atoms with Crippen LogP contribution >= 0.6 is 0 Å². The lowest BCUT2D eigenvalue weighted by Crippen LogP contribution is -2.40. The minimum atomic E-state index is -1.30. The second-order valence-electron chi connectivity index (χ2n) is 15.4. The third-order valence-electron chi connectivity index (χ3n) is 11.2. The summed E-state index contributed by atoms with van der Waals surface area (Å²) in [5.74, 6) is 0.957. The van der Waals surface area contributed by atoms with Crippen molar-refractivity contribution in [1.82, 2.24) is 19.5 Å². The maximum Gasteiger partial charge on any atom is 0.306 e. The number of benzene rings is 6. The van der Waals surface area contributed by atoms with E-state index >= 15 is 0 Å². The van der Waals surface area contributed by atoms with E-state index in [1.54, 1.807) is 18.8 Å². The number of nitrogens with one attached hydrogen (secondary N) is 2. The minimum Gasteiger partial charge on any atom is -0.497 e. The van der Waals surface area contributed by atoms with Gasteiger partial charge in [-0.1, -0.05) is 146 Å². The summed E-state index contributed by atoms with van der Waals surface area (Å²) < 4.78 is 29.9. The second-order valence-corrected chi connectivity index (χ2v) is 15.4. The van der Waals surface area contributed by atoms with Crippen LogP contribution in [0.5, 0.6) is 11.5 Å². The number of hydrogen-bond donors (Lipinski definition) is 2. The van der Waals surface area contributed by atoms with Crippen LogP contribution in [-0.4, -0.2) is 58.9 Å². The number of carbonyl (C=O) groups excluding carboxylic acids is 2. The topological polar surface area (TPSA) is 148 Å². The molecule has 0 aliphatic heterocycles. The van der Waals surface area contributed by atoms with Gasteiger partial charge in [0.25, 0.3) is 6.41 Å². The van der Waals surface area contributed by atoms with Crippen LogP contribution in [0.4, 0.5) is 11.8 Å². The lowest BCUT2D eigenvalue weighted by molar-refractivity contribution is -0.200. The third kappa shape index (κ3) is 9.28. The number of imidazole rings is 1. The molecule has 1 atom stereocenters. The van der Waals surface area contributed by atoms with Gasteiger partial charge in [0.1, 0.15) is 28.9 Å². The average molecular weight is 883 g/mol. The van der Waals surface area contributed by atoms with Crippen molar-refractivity contribution in [2.24, 2.45) is 0 Å². The number of methoxy groups -OCH3 is 2. The van der Waals surface area contributed by atoms with Crippen molar-refractivity contribution in [3.8, 4) is 11.5 Å². The number of fused-ring (bicyclic) bond motifs is 1. The van der Waals surface area contributed by atoms with Gasteiger partial charge in [0.05, 0.1) is 27.4 Å². The van der Waals surface area contributed by atoms with E-state index in [0.29, 0.717) is 29.3 Å². The maximum absolute atomic E-state index is 12.7. The summed E-state index contributed by atoms with van der Waals surface area (Å²) in [4.78, 5) is 39.7. The molecule has 0 amide bonds. The second kappa shape index (κ2) is 20.2. The molecule has 0 saturated heterocycles. The molecule has 0 aliphatic rings. The zero-order valence-corrected chi connectivity index (χ0v) is 37.1. The van der Waals surface area contributed by atoms with Crippen LogP contribution < -0.4 is 20.1 Å². The fraction of sp³-hybridized carbons (Fsp3) is 0.189. The lowest BCUT2D eigenvalue weighted by Gasteiger charge is -2.38. The highest BCUT2D eigenvalue weighted by atomic mass is 16.7. The van der Waals surface area contributed by atoms with Crippen molar-refractivity contribution in [3.05, 3.63) is 210 Å². The standard InChI is InChI=1S/C53H50N6O7/c1-37(60)64-34-17-35-65-51(66-38(2)61)59-36-54-47-48(57-52(39-18-9-5-10-19-39,40-20-11-6-12-21-40)43-26-30-45(62-3)31-27-43)55-50(56-49(47)59)58-53(41-22-13-7-14-23-41,42-24-15-8-16-25-42)44-28-32-46(63-4)33-29-44/h5-16,18-33,36,51H,17,34-35H2,1-4H3,(H2,55,56,57,58). The Morgan fingerprint density at radius 1 is 0.561 bits per heavy atom. The SMILES string of the molecule is COc1ccc(C(Nc2nc(NC(c3ccccc3)(c3ccccc3)c3ccc(OC)cc3)c3ncn(C(OCCCOC(C)=O)OC(C)=O)c3n2)(c2ccccc2)c2ccccc2)cc1. The van der Waals surface area contributed by atoms with Crippen molar-refractivity contribution in [2.45, 2.75) is 37.8 Å². The van der Waals surface area contributed by atoms with Crippen molar-refractivity contribution in [2.75, 3.05) is 38.1 Å². The van der Waals surface area contributed by atoms with Gasteiger partial charge in [-0.15, -0.1) is 0 Å².